The van der Waals surface area contributed by atoms with Crippen molar-refractivity contribution in [2.75, 3.05) is 0 Å². The van der Waals surface area contributed by atoms with E-state index in [1.165, 1.54) is 6.20 Å². The van der Waals surface area contributed by atoms with E-state index in [4.69, 9.17) is 0 Å². The van der Waals surface area contributed by atoms with Crippen LogP contribution in [-0.4, -0.2) is 4.98 Å². The lowest BCUT2D eigenvalue weighted by atomic mass is 9.62. The average Bonchev–Trinajstić information content (AvgIpc) is 2.35. The third kappa shape index (κ3) is 2.15. The second-order valence-corrected chi connectivity index (χ2v) is 5.90. The Bertz CT molecular complexity index is 433. The maximum atomic E-state index is 13.9. The first-order valence-corrected chi connectivity index (χ1v) is 6.73. The standard InChI is InChI=1S/C15H21F2N/c1-8-7-13(11(4)10(3)9(8)2)12-5-6-18-15(17)14(12)16/h5-6,8-11,13H,7H2,1-4H3. The molecule has 0 aromatic carbocycles. The summed E-state index contributed by atoms with van der Waals surface area (Å²) in [7, 11) is 0. The molecule has 5 atom stereocenters. The number of halogens is 2. The molecule has 0 aliphatic heterocycles. The van der Waals surface area contributed by atoms with Crippen molar-refractivity contribution in [3.05, 3.63) is 29.6 Å². The number of pyridine rings is 1. The highest BCUT2D eigenvalue weighted by Gasteiger charge is 2.38. The normalized spacial score (nSPS) is 36.7. The molecule has 0 saturated heterocycles. The minimum atomic E-state index is -0.973. The van der Waals surface area contributed by atoms with E-state index in [1.807, 2.05) is 0 Å². The Morgan fingerprint density at radius 2 is 1.72 bits per heavy atom. The van der Waals surface area contributed by atoms with Crippen LogP contribution in [0.25, 0.3) is 0 Å². The largest absolute Gasteiger partial charge is 0.249 e. The third-order valence-electron chi connectivity index (χ3n) is 5.09. The minimum Gasteiger partial charge on any atom is -0.226 e. The lowest BCUT2D eigenvalue weighted by molar-refractivity contribution is 0.111. The van der Waals surface area contributed by atoms with Crippen LogP contribution in [0.1, 0.15) is 45.6 Å². The Morgan fingerprint density at radius 3 is 2.39 bits per heavy atom. The SMILES string of the molecule is CC1CC(c2ccnc(F)c2F)C(C)C(C)C1C. The predicted molar refractivity (Wildman–Crippen MR) is 68.2 cm³/mol. The zero-order chi connectivity index (χ0) is 13.4. The molecule has 3 heteroatoms. The molecule has 1 aromatic rings. The van der Waals surface area contributed by atoms with Crippen LogP contribution in [0.5, 0.6) is 0 Å². The van der Waals surface area contributed by atoms with Crippen LogP contribution < -0.4 is 0 Å². The first-order valence-electron chi connectivity index (χ1n) is 6.73. The Labute approximate surface area is 108 Å². The molecular weight excluding hydrogens is 232 g/mol. The molecule has 0 spiro atoms. The summed E-state index contributed by atoms with van der Waals surface area (Å²) in [6.07, 6.45) is 2.29. The van der Waals surface area contributed by atoms with Gasteiger partial charge in [-0.05, 0) is 47.6 Å². The van der Waals surface area contributed by atoms with Crippen LogP contribution in [-0.2, 0) is 0 Å². The van der Waals surface area contributed by atoms with Gasteiger partial charge in [0.2, 0.25) is 5.95 Å². The van der Waals surface area contributed by atoms with Gasteiger partial charge in [0.1, 0.15) is 0 Å². The summed E-state index contributed by atoms with van der Waals surface area (Å²) in [5, 5.41) is 0. The average molecular weight is 253 g/mol. The molecule has 1 aliphatic carbocycles. The molecule has 0 amide bonds. The van der Waals surface area contributed by atoms with Crippen molar-refractivity contribution in [1.29, 1.82) is 0 Å². The van der Waals surface area contributed by atoms with Crippen molar-refractivity contribution in [3.8, 4) is 0 Å². The second-order valence-electron chi connectivity index (χ2n) is 5.90. The highest BCUT2D eigenvalue weighted by Crippen LogP contribution is 2.46. The topological polar surface area (TPSA) is 12.9 Å². The molecule has 0 bridgehead atoms. The maximum absolute atomic E-state index is 13.9. The molecule has 1 saturated carbocycles. The summed E-state index contributed by atoms with van der Waals surface area (Å²) in [4.78, 5) is 3.37. The summed E-state index contributed by atoms with van der Waals surface area (Å²) in [6, 6.07) is 1.63. The fourth-order valence-corrected chi connectivity index (χ4v) is 3.32. The number of nitrogens with zero attached hydrogens (tertiary/aromatic N) is 1. The number of hydrogen-bond donors (Lipinski definition) is 0. The van der Waals surface area contributed by atoms with Gasteiger partial charge in [-0.15, -0.1) is 0 Å². The van der Waals surface area contributed by atoms with Crippen LogP contribution in [0.4, 0.5) is 8.78 Å². The van der Waals surface area contributed by atoms with E-state index >= 15 is 0 Å². The fraction of sp³-hybridized carbons (Fsp3) is 0.667. The van der Waals surface area contributed by atoms with Crippen LogP contribution >= 0.6 is 0 Å². The van der Waals surface area contributed by atoms with Gasteiger partial charge in [-0.25, -0.2) is 9.37 Å². The molecule has 1 aromatic heterocycles. The molecule has 1 heterocycles. The van der Waals surface area contributed by atoms with Gasteiger partial charge in [0, 0.05) is 6.20 Å². The van der Waals surface area contributed by atoms with E-state index in [9.17, 15) is 8.78 Å². The number of hydrogen-bond acceptors (Lipinski definition) is 1. The Kier molecular flexibility index (Phi) is 3.69. The zero-order valence-electron chi connectivity index (χ0n) is 11.5. The van der Waals surface area contributed by atoms with Crippen LogP contribution in [0.3, 0.4) is 0 Å². The Hall–Kier alpha value is -0.990. The van der Waals surface area contributed by atoms with Gasteiger partial charge in [0.15, 0.2) is 5.82 Å². The number of aromatic nitrogens is 1. The zero-order valence-corrected chi connectivity index (χ0v) is 11.5. The van der Waals surface area contributed by atoms with Gasteiger partial charge < -0.3 is 0 Å². The third-order valence-corrected chi connectivity index (χ3v) is 5.09. The molecule has 18 heavy (non-hydrogen) atoms. The first kappa shape index (κ1) is 13.4. The molecule has 0 radical (unpaired) electrons. The van der Waals surface area contributed by atoms with Gasteiger partial charge in [-0.3, -0.25) is 0 Å². The predicted octanol–water partition coefficient (Wildman–Crippen LogP) is 4.39. The maximum Gasteiger partial charge on any atom is 0.249 e. The summed E-state index contributed by atoms with van der Waals surface area (Å²) < 4.78 is 27.1. The summed E-state index contributed by atoms with van der Waals surface area (Å²) in [5.41, 5.74) is 0.501. The molecule has 1 fully saturated rings. The van der Waals surface area contributed by atoms with Crippen LogP contribution in [0.2, 0.25) is 0 Å². The van der Waals surface area contributed by atoms with Gasteiger partial charge >= 0.3 is 0 Å². The summed E-state index contributed by atoms with van der Waals surface area (Å²) in [6.45, 7) is 8.82. The van der Waals surface area contributed by atoms with E-state index in [2.05, 4.69) is 32.7 Å². The number of rotatable bonds is 1. The molecule has 2 rings (SSSR count). The molecule has 5 unspecified atom stereocenters. The van der Waals surface area contributed by atoms with E-state index in [-0.39, 0.29) is 5.92 Å². The van der Waals surface area contributed by atoms with E-state index in [1.54, 1.807) is 6.07 Å². The quantitative estimate of drug-likeness (QED) is 0.676. The monoisotopic (exact) mass is 253 g/mol. The molecule has 1 aliphatic rings. The Balaban J connectivity index is 2.35. The minimum absolute atomic E-state index is 0.101. The van der Waals surface area contributed by atoms with Crippen molar-refractivity contribution in [2.24, 2.45) is 23.7 Å². The van der Waals surface area contributed by atoms with Gasteiger partial charge in [-0.2, -0.15) is 4.39 Å². The van der Waals surface area contributed by atoms with Crippen LogP contribution in [0, 0.1) is 35.4 Å². The van der Waals surface area contributed by atoms with Gasteiger partial charge in [-0.1, -0.05) is 27.7 Å². The smallest absolute Gasteiger partial charge is 0.226 e. The van der Waals surface area contributed by atoms with Gasteiger partial charge in [0.25, 0.3) is 0 Å². The first-order chi connectivity index (χ1) is 8.43. The van der Waals surface area contributed by atoms with Gasteiger partial charge in [0.05, 0.1) is 0 Å². The second kappa shape index (κ2) is 4.94. The van der Waals surface area contributed by atoms with Crippen molar-refractivity contribution < 1.29 is 8.78 Å². The molecule has 1 nitrogen and oxygen atoms in total. The van der Waals surface area contributed by atoms with Crippen molar-refractivity contribution in [2.45, 2.75) is 40.0 Å². The van der Waals surface area contributed by atoms with E-state index in [0.29, 0.717) is 29.2 Å². The van der Waals surface area contributed by atoms with E-state index in [0.717, 1.165) is 6.42 Å². The lowest BCUT2D eigenvalue weighted by Crippen LogP contribution is -2.34. The molecule has 0 N–H and O–H groups in total. The highest BCUT2D eigenvalue weighted by molar-refractivity contribution is 5.21. The summed E-state index contributed by atoms with van der Waals surface area (Å²) >= 11 is 0. The highest BCUT2D eigenvalue weighted by atomic mass is 19.2. The molecule has 100 valence electrons. The summed E-state index contributed by atoms with van der Waals surface area (Å²) in [5.74, 6) is 0.426. The Morgan fingerprint density at radius 1 is 1.06 bits per heavy atom. The lowest BCUT2D eigenvalue weighted by Gasteiger charge is -2.42. The van der Waals surface area contributed by atoms with Crippen molar-refractivity contribution in [1.82, 2.24) is 4.98 Å². The fourth-order valence-electron chi connectivity index (χ4n) is 3.32. The van der Waals surface area contributed by atoms with Crippen LogP contribution in [0.15, 0.2) is 12.3 Å². The van der Waals surface area contributed by atoms with Crippen molar-refractivity contribution >= 4 is 0 Å². The molecular formula is C15H21F2N. The van der Waals surface area contributed by atoms with Crippen molar-refractivity contribution in [3.63, 3.8) is 0 Å². The van der Waals surface area contributed by atoms with E-state index < -0.39 is 11.8 Å².